The molecule has 0 saturated carbocycles. The Labute approximate surface area is 170 Å². The molecule has 4 rings (SSSR count). The number of aryl methyl sites for hydroxylation is 1. The first-order valence-electron chi connectivity index (χ1n) is 9.94. The SMILES string of the molecule is Cc1ccccc1N1CC(c2nc(-c3ccc(OCC(C)C)cc3)no2)CC1=O. The van der Waals surface area contributed by atoms with Crippen molar-refractivity contribution >= 4 is 11.6 Å². The second-order valence-electron chi connectivity index (χ2n) is 7.88. The number of ether oxygens (including phenoxy) is 1. The molecule has 1 saturated heterocycles. The average molecular weight is 391 g/mol. The van der Waals surface area contributed by atoms with Crippen LogP contribution in [-0.2, 0) is 4.79 Å². The first kappa shape index (κ1) is 19.2. The smallest absolute Gasteiger partial charge is 0.232 e. The summed E-state index contributed by atoms with van der Waals surface area (Å²) in [5, 5.41) is 4.12. The van der Waals surface area contributed by atoms with E-state index in [1.54, 1.807) is 0 Å². The van der Waals surface area contributed by atoms with Crippen molar-refractivity contribution in [2.24, 2.45) is 5.92 Å². The van der Waals surface area contributed by atoms with Crippen molar-refractivity contribution in [3.8, 4) is 17.1 Å². The normalized spacial score (nSPS) is 16.6. The zero-order valence-electron chi connectivity index (χ0n) is 17.0. The lowest BCUT2D eigenvalue weighted by molar-refractivity contribution is -0.117. The molecule has 1 fully saturated rings. The molecule has 2 heterocycles. The number of benzene rings is 2. The van der Waals surface area contributed by atoms with Gasteiger partial charge in [-0.05, 0) is 48.7 Å². The van der Waals surface area contributed by atoms with Gasteiger partial charge in [0.15, 0.2) is 0 Å². The van der Waals surface area contributed by atoms with Crippen LogP contribution in [0.2, 0.25) is 0 Å². The third kappa shape index (κ3) is 4.16. The quantitative estimate of drug-likeness (QED) is 0.614. The Morgan fingerprint density at radius 3 is 2.66 bits per heavy atom. The van der Waals surface area contributed by atoms with Crippen LogP contribution in [0.1, 0.15) is 37.6 Å². The van der Waals surface area contributed by atoms with Crippen molar-refractivity contribution in [1.29, 1.82) is 0 Å². The summed E-state index contributed by atoms with van der Waals surface area (Å²) < 4.78 is 11.2. The molecule has 6 nitrogen and oxygen atoms in total. The van der Waals surface area contributed by atoms with Gasteiger partial charge in [0.05, 0.1) is 12.5 Å². The van der Waals surface area contributed by atoms with Gasteiger partial charge in [-0.3, -0.25) is 4.79 Å². The predicted octanol–water partition coefficient (Wildman–Crippen LogP) is 4.60. The lowest BCUT2D eigenvalue weighted by Crippen LogP contribution is -2.25. The van der Waals surface area contributed by atoms with E-state index in [1.807, 2.05) is 60.4 Å². The summed E-state index contributed by atoms with van der Waals surface area (Å²) in [6, 6.07) is 15.6. The highest BCUT2D eigenvalue weighted by molar-refractivity contribution is 5.97. The number of para-hydroxylation sites is 1. The number of aromatic nitrogens is 2. The summed E-state index contributed by atoms with van der Waals surface area (Å²) >= 11 is 0. The Morgan fingerprint density at radius 2 is 1.93 bits per heavy atom. The van der Waals surface area contributed by atoms with Crippen LogP contribution in [0.3, 0.4) is 0 Å². The minimum atomic E-state index is -0.1000. The van der Waals surface area contributed by atoms with E-state index < -0.39 is 0 Å². The molecule has 2 aromatic carbocycles. The summed E-state index contributed by atoms with van der Waals surface area (Å²) in [5.41, 5.74) is 2.88. The van der Waals surface area contributed by atoms with Gasteiger partial charge < -0.3 is 14.2 Å². The molecular weight excluding hydrogens is 366 g/mol. The molecule has 1 aliphatic rings. The van der Waals surface area contributed by atoms with Crippen LogP contribution in [0, 0.1) is 12.8 Å². The van der Waals surface area contributed by atoms with Crippen LogP contribution in [0.4, 0.5) is 5.69 Å². The first-order chi connectivity index (χ1) is 14.0. The predicted molar refractivity (Wildman–Crippen MR) is 111 cm³/mol. The number of anilines is 1. The second-order valence-corrected chi connectivity index (χ2v) is 7.88. The number of rotatable bonds is 6. The van der Waals surface area contributed by atoms with E-state index in [0.29, 0.717) is 37.2 Å². The summed E-state index contributed by atoms with van der Waals surface area (Å²) in [5.74, 6) is 2.30. The van der Waals surface area contributed by atoms with E-state index in [4.69, 9.17) is 9.26 Å². The Bertz CT molecular complexity index is 995. The van der Waals surface area contributed by atoms with Gasteiger partial charge >= 0.3 is 0 Å². The van der Waals surface area contributed by atoms with E-state index in [2.05, 4.69) is 24.0 Å². The maximum atomic E-state index is 12.6. The van der Waals surface area contributed by atoms with Crippen molar-refractivity contribution < 1.29 is 14.1 Å². The fraction of sp³-hybridized carbons (Fsp3) is 0.348. The van der Waals surface area contributed by atoms with Gasteiger partial charge in [0.25, 0.3) is 0 Å². The molecule has 0 N–H and O–H groups in total. The van der Waals surface area contributed by atoms with E-state index in [0.717, 1.165) is 22.6 Å². The number of hydrogen-bond acceptors (Lipinski definition) is 5. The number of carbonyl (C=O) groups excluding carboxylic acids is 1. The molecule has 1 unspecified atom stereocenters. The van der Waals surface area contributed by atoms with Crippen molar-refractivity contribution in [3.05, 3.63) is 60.0 Å². The molecule has 1 aromatic heterocycles. The van der Waals surface area contributed by atoms with Crippen molar-refractivity contribution in [1.82, 2.24) is 10.1 Å². The molecule has 3 aromatic rings. The Morgan fingerprint density at radius 1 is 1.17 bits per heavy atom. The highest BCUT2D eigenvalue weighted by atomic mass is 16.5. The van der Waals surface area contributed by atoms with Crippen LogP contribution >= 0.6 is 0 Å². The van der Waals surface area contributed by atoms with Crippen LogP contribution in [-0.4, -0.2) is 29.2 Å². The van der Waals surface area contributed by atoms with Gasteiger partial charge in [-0.2, -0.15) is 4.98 Å². The molecule has 0 spiro atoms. The van der Waals surface area contributed by atoms with Gasteiger partial charge in [-0.15, -0.1) is 0 Å². The minimum Gasteiger partial charge on any atom is -0.493 e. The van der Waals surface area contributed by atoms with Gasteiger partial charge in [0.1, 0.15) is 5.75 Å². The summed E-state index contributed by atoms with van der Waals surface area (Å²) in [6.07, 6.45) is 0.373. The molecule has 6 heteroatoms. The van der Waals surface area contributed by atoms with E-state index >= 15 is 0 Å². The number of nitrogens with zero attached hydrogens (tertiary/aromatic N) is 3. The fourth-order valence-corrected chi connectivity index (χ4v) is 3.45. The molecule has 1 atom stereocenters. The van der Waals surface area contributed by atoms with E-state index in [-0.39, 0.29) is 11.8 Å². The maximum Gasteiger partial charge on any atom is 0.232 e. The Kier molecular flexibility index (Phi) is 5.34. The molecule has 0 radical (unpaired) electrons. The zero-order chi connectivity index (χ0) is 20.4. The lowest BCUT2D eigenvalue weighted by atomic mass is 10.1. The van der Waals surface area contributed by atoms with Gasteiger partial charge in [0.2, 0.25) is 17.6 Å². The Hall–Kier alpha value is -3.15. The summed E-state index contributed by atoms with van der Waals surface area (Å²) in [4.78, 5) is 18.9. The van der Waals surface area contributed by atoms with Gasteiger partial charge in [-0.1, -0.05) is 37.2 Å². The highest BCUT2D eigenvalue weighted by Crippen LogP contribution is 2.33. The first-order valence-corrected chi connectivity index (χ1v) is 9.94. The summed E-state index contributed by atoms with van der Waals surface area (Å²) in [7, 11) is 0. The van der Waals surface area contributed by atoms with Crippen LogP contribution in [0.5, 0.6) is 5.75 Å². The minimum absolute atomic E-state index is 0.0794. The fourth-order valence-electron chi connectivity index (χ4n) is 3.45. The molecule has 0 aliphatic carbocycles. The molecule has 150 valence electrons. The third-order valence-corrected chi connectivity index (χ3v) is 5.02. The number of carbonyl (C=O) groups is 1. The van der Waals surface area contributed by atoms with Crippen LogP contribution in [0.15, 0.2) is 53.1 Å². The molecule has 1 amide bonds. The van der Waals surface area contributed by atoms with Crippen LogP contribution in [0.25, 0.3) is 11.4 Å². The van der Waals surface area contributed by atoms with Crippen molar-refractivity contribution in [2.45, 2.75) is 33.1 Å². The van der Waals surface area contributed by atoms with Crippen molar-refractivity contribution in [3.63, 3.8) is 0 Å². The molecule has 1 aliphatic heterocycles. The average Bonchev–Trinajstić information content (AvgIpc) is 3.34. The van der Waals surface area contributed by atoms with E-state index in [1.165, 1.54) is 0 Å². The highest BCUT2D eigenvalue weighted by Gasteiger charge is 2.35. The van der Waals surface area contributed by atoms with Gasteiger partial charge in [-0.25, -0.2) is 0 Å². The molecular formula is C23H25N3O3. The third-order valence-electron chi connectivity index (χ3n) is 5.02. The largest absolute Gasteiger partial charge is 0.493 e. The van der Waals surface area contributed by atoms with E-state index in [9.17, 15) is 4.79 Å². The number of amides is 1. The molecule has 29 heavy (non-hydrogen) atoms. The summed E-state index contributed by atoms with van der Waals surface area (Å²) in [6.45, 7) is 7.47. The number of hydrogen-bond donors (Lipinski definition) is 0. The van der Waals surface area contributed by atoms with Gasteiger partial charge in [0, 0.05) is 24.2 Å². The standard InChI is InChI=1S/C23H25N3O3/c1-15(2)14-28-19-10-8-17(9-11-19)22-24-23(29-25-22)18-12-21(27)26(13-18)20-7-5-4-6-16(20)3/h4-11,15,18H,12-14H2,1-3H3. The lowest BCUT2D eigenvalue weighted by Gasteiger charge is -2.18. The second kappa shape index (κ2) is 8.07. The monoisotopic (exact) mass is 391 g/mol. The zero-order valence-corrected chi connectivity index (χ0v) is 17.0. The molecule has 0 bridgehead atoms. The van der Waals surface area contributed by atoms with Crippen molar-refractivity contribution in [2.75, 3.05) is 18.1 Å². The maximum absolute atomic E-state index is 12.6. The topological polar surface area (TPSA) is 68.5 Å². The Balaban J connectivity index is 1.47. The van der Waals surface area contributed by atoms with Crippen LogP contribution < -0.4 is 9.64 Å².